The molecular formula is C8H18S2. The van der Waals surface area contributed by atoms with Crippen molar-refractivity contribution in [3.63, 3.8) is 0 Å². The van der Waals surface area contributed by atoms with E-state index in [0.717, 1.165) is 23.3 Å². The summed E-state index contributed by atoms with van der Waals surface area (Å²) in [4.78, 5) is 0. The summed E-state index contributed by atoms with van der Waals surface area (Å²) in [6.07, 6.45) is 2.53. The molecule has 0 radical (unpaired) electrons. The van der Waals surface area contributed by atoms with Crippen LogP contribution in [0.1, 0.15) is 26.7 Å². The summed E-state index contributed by atoms with van der Waals surface area (Å²) in [7, 11) is 0. The normalized spacial score (nSPS) is 16.8. The van der Waals surface area contributed by atoms with E-state index in [1.54, 1.807) is 0 Å². The lowest BCUT2D eigenvalue weighted by atomic mass is 9.97. The standard InChI is InChI=1S/C8H18S2/c1-7(3-4-9)5-8(2)6-10/h7-10H,3-6H2,1-2H3. The highest BCUT2D eigenvalue weighted by molar-refractivity contribution is 7.80. The van der Waals surface area contributed by atoms with Gasteiger partial charge >= 0.3 is 0 Å². The molecule has 0 N–H and O–H groups in total. The third-order valence-electron chi connectivity index (χ3n) is 1.74. The Hall–Kier alpha value is 0.700. The van der Waals surface area contributed by atoms with Crippen LogP contribution in [0.2, 0.25) is 0 Å². The molecule has 0 fully saturated rings. The topological polar surface area (TPSA) is 0 Å². The van der Waals surface area contributed by atoms with Gasteiger partial charge in [0.15, 0.2) is 0 Å². The molecule has 0 saturated heterocycles. The highest BCUT2D eigenvalue weighted by Gasteiger charge is 2.05. The predicted molar refractivity (Wildman–Crippen MR) is 55.3 cm³/mol. The third-order valence-corrected chi connectivity index (χ3v) is 2.62. The highest BCUT2D eigenvalue weighted by Crippen LogP contribution is 2.16. The summed E-state index contributed by atoms with van der Waals surface area (Å²) in [6.45, 7) is 4.54. The van der Waals surface area contributed by atoms with E-state index in [1.165, 1.54) is 12.8 Å². The van der Waals surface area contributed by atoms with Gasteiger partial charge in [0, 0.05) is 0 Å². The van der Waals surface area contributed by atoms with E-state index in [4.69, 9.17) is 0 Å². The molecule has 0 bridgehead atoms. The van der Waals surface area contributed by atoms with Crippen molar-refractivity contribution >= 4 is 25.3 Å². The molecule has 0 aliphatic rings. The van der Waals surface area contributed by atoms with Gasteiger partial charge in [0.25, 0.3) is 0 Å². The maximum atomic E-state index is 4.24. The molecule has 2 unspecified atom stereocenters. The number of rotatable bonds is 5. The Morgan fingerprint density at radius 1 is 1.10 bits per heavy atom. The summed E-state index contributed by atoms with van der Waals surface area (Å²) < 4.78 is 0. The van der Waals surface area contributed by atoms with E-state index in [-0.39, 0.29) is 0 Å². The molecule has 0 rings (SSSR count). The van der Waals surface area contributed by atoms with Gasteiger partial charge in [0.05, 0.1) is 0 Å². The molecule has 0 aromatic carbocycles. The zero-order valence-corrected chi connectivity index (χ0v) is 8.67. The van der Waals surface area contributed by atoms with E-state index >= 15 is 0 Å². The van der Waals surface area contributed by atoms with Gasteiger partial charge in [-0.25, -0.2) is 0 Å². The monoisotopic (exact) mass is 178 g/mol. The van der Waals surface area contributed by atoms with E-state index in [1.807, 2.05) is 0 Å². The van der Waals surface area contributed by atoms with Gasteiger partial charge in [-0.15, -0.1) is 0 Å². The van der Waals surface area contributed by atoms with Crippen molar-refractivity contribution in [3.05, 3.63) is 0 Å². The van der Waals surface area contributed by atoms with Crippen molar-refractivity contribution < 1.29 is 0 Å². The average molecular weight is 178 g/mol. The lowest BCUT2D eigenvalue weighted by Crippen LogP contribution is -2.04. The van der Waals surface area contributed by atoms with Crippen LogP contribution in [0.4, 0.5) is 0 Å². The maximum absolute atomic E-state index is 4.24. The van der Waals surface area contributed by atoms with Gasteiger partial charge < -0.3 is 0 Å². The second kappa shape index (κ2) is 6.41. The minimum Gasteiger partial charge on any atom is -0.179 e. The van der Waals surface area contributed by atoms with Crippen LogP contribution in [0.3, 0.4) is 0 Å². The Kier molecular flexibility index (Phi) is 6.86. The van der Waals surface area contributed by atoms with Gasteiger partial charge in [-0.2, -0.15) is 25.3 Å². The van der Waals surface area contributed by atoms with Crippen LogP contribution < -0.4 is 0 Å². The smallest absolute Gasteiger partial charge is 0.00720 e. The van der Waals surface area contributed by atoms with Gasteiger partial charge in [0.1, 0.15) is 0 Å². The molecular weight excluding hydrogens is 160 g/mol. The van der Waals surface area contributed by atoms with Gasteiger partial charge in [-0.1, -0.05) is 13.8 Å². The zero-order chi connectivity index (χ0) is 7.98. The summed E-state index contributed by atoms with van der Waals surface area (Å²) >= 11 is 8.43. The van der Waals surface area contributed by atoms with Crippen LogP contribution in [0.25, 0.3) is 0 Å². The van der Waals surface area contributed by atoms with Crippen LogP contribution >= 0.6 is 25.3 Å². The fourth-order valence-electron chi connectivity index (χ4n) is 1.10. The van der Waals surface area contributed by atoms with Crippen molar-refractivity contribution in [2.45, 2.75) is 26.7 Å². The lowest BCUT2D eigenvalue weighted by molar-refractivity contribution is 0.436. The first-order valence-electron chi connectivity index (χ1n) is 3.92. The van der Waals surface area contributed by atoms with Crippen LogP contribution in [-0.4, -0.2) is 11.5 Å². The SMILES string of the molecule is CC(CS)CC(C)CCS. The second-order valence-electron chi connectivity index (χ2n) is 3.14. The van der Waals surface area contributed by atoms with Crippen LogP contribution in [-0.2, 0) is 0 Å². The zero-order valence-electron chi connectivity index (χ0n) is 6.88. The van der Waals surface area contributed by atoms with Crippen LogP contribution in [0.5, 0.6) is 0 Å². The van der Waals surface area contributed by atoms with E-state index < -0.39 is 0 Å². The Labute approximate surface area is 75.6 Å². The first-order valence-corrected chi connectivity index (χ1v) is 5.19. The fraction of sp³-hybridized carbons (Fsp3) is 1.00. The molecule has 0 aliphatic carbocycles. The molecule has 0 amide bonds. The van der Waals surface area contributed by atoms with E-state index in [0.29, 0.717) is 0 Å². The summed E-state index contributed by atoms with van der Waals surface area (Å²) in [5, 5.41) is 0. The molecule has 0 saturated carbocycles. The van der Waals surface area contributed by atoms with Crippen LogP contribution in [0, 0.1) is 11.8 Å². The molecule has 2 heteroatoms. The Bertz CT molecular complexity index is 73.7. The summed E-state index contributed by atoms with van der Waals surface area (Å²) in [5.41, 5.74) is 0. The minimum absolute atomic E-state index is 0.762. The largest absolute Gasteiger partial charge is 0.179 e. The molecule has 62 valence electrons. The van der Waals surface area contributed by atoms with Crippen LogP contribution in [0.15, 0.2) is 0 Å². The molecule has 0 heterocycles. The highest BCUT2D eigenvalue weighted by atomic mass is 32.1. The Balaban J connectivity index is 3.27. The molecule has 0 spiro atoms. The van der Waals surface area contributed by atoms with Crippen molar-refractivity contribution in [1.29, 1.82) is 0 Å². The van der Waals surface area contributed by atoms with Gasteiger partial charge in [-0.3, -0.25) is 0 Å². The average Bonchev–Trinajstić information content (AvgIpc) is 1.88. The summed E-state index contributed by atoms with van der Waals surface area (Å²) in [6, 6.07) is 0. The molecule has 0 nitrogen and oxygen atoms in total. The number of thiol groups is 2. The summed E-state index contributed by atoms with van der Waals surface area (Å²) in [5.74, 6) is 3.61. The quantitative estimate of drug-likeness (QED) is 0.594. The molecule has 10 heavy (non-hydrogen) atoms. The minimum atomic E-state index is 0.762. The molecule has 0 aromatic rings. The van der Waals surface area contributed by atoms with Gasteiger partial charge in [-0.05, 0) is 36.2 Å². The van der Waals surface area contributed by atoms with Crippen molar-refractivity contribution in [3.8, 4) is 0 Å². The first kappa shape index (κ1) is 10.7. The number of hydrogen-bond acceptors (Lipinski definition) is 2. The molecule has 0 aromatic heterocycles. The maximum Gasteiger partial charge on any atom is -0.00720 e. The van der Waals surface area contributed by atoms with E-state index in [2.05, 4.69) is 39.1 Å². The van der Waals surface area contributed by atoms with Crippen molar-refractivity contribution in [2.24, 2.45) is 11.8 Å². The van der Waals surface area contributed by atoms with Crippen molar-refractivity contribution in [1.82, 2.24) is 0 Å². The first-order chi connectivity index (χ1) is 4.70. The Morgan fingerprint density at radius 2 is 1.70 bits per heavy atom. The Morgan fingerprint density at radius 3 is 2.10 bits per heavy atom. The number of hydrogen-bond donors (Lipinski definition) is 2. The molecule has 2 atom stereocenters. The lowest BCUT2D eigenvalue weighted by Gasteiger charge is -2.13. The second-order valence-corrected chi connectivity index (χ2v) is 3.95. The van der Waals surface area contributed by atoms with Crippen molar-refractivity contribution in [2.75, 3.05) is 11.5 Å². The van der Waals surface area contributed by atoms with Gasteiger partial charge in [0.2, 0.25) is 0 Å². The fourth-order valence-corrected chi connectivity index (χ4v) is 1.69. The predicted octanol–water partition coefficient (Wildman–Crippen LogP) is 2.90. The third kappa shape index (κ3) is 5.48. The van der Waals surface area contributed by atoms with E-state index in [9.17, 15) is 0 Å². The molecule has 0 aliphatic heterocycles.